The standard InChI is InChI=1S/C11H15IO2/c12-10-6-2-3-7-11(10)14-9-5-1-4-8-13/h2-3,6-7,13H,1,4-5,8-9H2. The highest BCUT2D eigenvalue weighted by atomic mass is 127. The van der Waals surface area contributed by atoms with Crippen molar-refractivity contribution in [3.05, 3.63) is 27.8 Å². The monoisotopic (exact) mass is 306 g/mol. The van der Waals surface area contributed by atoms with E-state index in [1.165, 1.54) is 0 Å². The molecule has 0 saturated heterocycles. The molecule has 14 heavy (non-hydrogen) atoms. The van der Waals surface area contributed by atoms with Gasteiger partial charge in [-0.15, -0.1) is 0 Å². The second-order valence-corrected chi connectivity index (χ2v) is 4.23. The Labute approximate surface area is 98.4 Å². The Morgan fingerprint density at radius 1 is 1.14 bits per heavy atom. The molecule has 1 aromatic rings. The number of rotatable bonds is 6. The highest BCUT2D eigenvalue weighted by Gasteiger charge is 1.97. The van der Waals surface area contributed by atoms with E-state index in [1.807, 2.05) is 24.3 Å². The Morgan fingerprint density at radius 3 is 2.64 bits per heavy atom. The summed E-state index contributed by atoms with van der Waals surface area (Å²) in [5.74, 6) is 0.956. The maximum Gasteiger partial charge on any atom is 0.132 e. The molecule has 0 unspecified atom stereocenters. The zero-order valence-corrected chi connectivity index (χ0v) is 10.2. The van der Waals surface area contributed by atoms with Gasteiger partial charge < -0.3 is 9.84 Å². The van der Waals surface area contributed by atoms with Crippen LogP contribution in [-0.2, 0) is 0 Å². The van der Waals surface area contributed by atoms with E-state index in [0.29, 0.717) is 0 Å². The molecule has 78 valence electrons. The van der Waals surface area contributed by atoms with E-state index < -0.39 is 0 Å². The van der Waals surface area contributed by atoms with Gasteiger partial charge in [-0.2, -0.15) is 0 Å². The molecule has 0 atom stereocenters. The van der Waals surface area contributed by atoms with Crippen LogP contribution >= 0.6 is 22.6 Å². The van der Waals surface area contributed by atoms with Crippen molar-refractivity contribution < 1.29 is 9.84 Å². The summed E-state index contributed by atoms with van der Waals surface area (Å²) in [5.41, 5.74) is 0. The number of halogens is 1. The highest BCUT2D eigenvalue weighted by molar-refractivity contribution is 14.1. The first-order valence-corrected chi connectivity index (χ1v) is 5.90. The van der Waals surface area contributed by atoms with E-state index in [-0.39, 0.29) is 6.61 Å². The summed E-state index contributed by atoms with van der Waals surface area (Å²) in [6.45, 7) is 1.02. The fourth-order valence-corrected chi connectivity index (χ4v) is 1.68. The van der Waals surface area contributed by atoms with Gasteiger partial charge in [0.25, 0.3) is 0 Å². The molecule has 0 aromatic heterocycles. The van der Waals surface area contributed by atoms with Crippen LogP contribution in [0.2, 0.25) is 0 Å². The summed E-state index contributed by atoms with van der Waals surface area (Å²) in [4.78, 5) is 0. The summed E-state index contributed by atoms with van der Waals surface area (Å²) in [5, 5.41) is 8.58. The van der Waals surface area contributed by atoms with E-state index >= 15 is 0 Å². The number of para-hydroxylation sites is 1. The molecule has 0 saturated carbocycles. The second-order valence-electron chi connectivity index (χ2n) is 3.06. The first-order valence-electron chi connectivity index (χ1n) is 4.83. The van der Waals surface area contributed by atoms with Crippen LogP contribution in [0.5, 0.6) is 5.75 Å². The minimum absolute atomic E-state index is 0.281. The van der Waals surface area contributed by atoms with E-state index in [2.05, 4.69) is 22.6 Å². The van der Waals surface area contributed by atoms with Crippen LogP contribution in [-0.4, -0.2) is 18.3 Å². The zero-order chi connectivity index (χ0) is 10.2. The Balaban J connectivity index is 2.21. The average Bonchev–Trinajstić information content (AvgIpc) is 2.20. The maximum absolute atomic E-state index is 8.58. The molecular formula is C11H15IO2. The Kier molecular flexibility index (Phi) is 5.94. The van der Waals surface area contributed by atoms with E-state index in [4.69, 9.17) is 9.84 Å². The van der Waals surface area contributed by atoms with Crippen LogP contribution in [0.1, 0.15) is 19.3 Å². The molecule has 0 fully saturated rings. The third-order valence-electron chi connectivity index (χ3n) is 1.90. The van der Waals surface area contributed by atoms with Crippen LogP contribution in [0.15, 0.2) is 24.3 Å². The SMILES string of the molecule is OCCCCCOc1ccccc1I. The van der Waals surface area contributed by atoms with Crippen molar-refractivity contribution in [3.8, 4) is 5.75 Å². The summed E-state index contributed by atoms with van der Waals surface area (Å²) >= 11 is 2.26. The molecule has 0 spiro atoms. The number of hydrogen-bond acceptors (Lipinski definition) is 2. The maximum atomic E-state index is 8.58. The molecule has 0 aliphatic heterocycles. The lowest BCUT2D eigenvalue weighted by molar-refractivity contribution is 0.265. The number of unbranched alkanes of at least 4 members (excludes halogenated alkanes) is 2. The quantitative estimate of drug-likeness (QED) is 0.647. The van der Waals surface area contributed by atoms with Crippen molar-refractivity contribution in [2.45, 2.75) is 19.3 Å². The molecule has 0 aliphatic rings. The predicted molar refractivity (Wildman–Crippen MR) is 65.6 cm³/mol. The van der Waals surface area contributed by atoms with Gasteiger partial charge in [0.1, 0.15) is 5.75 Å². The highest BCUT2D eigenvalue weighted by Crippen LogP contribution is 2.19. The van der Waals surface area contributed by atoms with Crippen LogP contribution in [0.3, 0.4) is 0 Å². The Morgan fingerprint density at radius 2 is 1.93 bits per heavy atom. The third kappa shape index (κ3) is 4.28. The normalized spacial score (nSPS) is 10.1. The summed E-state index contributed by atoms with van der Waals surface area (Å²) in [7, 11) is 0. The number of aliphatic hydroxyl groups is 1. The summed E-state index contributed by atoms with van der Waals surface area (Å²) < 4.78 is 6.74. The molecule has 1 N–H and O–H groups in total. The Hall–Kier alpha value is -0.290. The zero-order valence-electron chi connectivity index (χ0n) is 8.08. The van der Waals surface area contributed by atoms with Gasteiger partial charge in [-0.05, 0) is 54.0 Å². The third-order valence-corrected chi connectivity index (χ3v) is 2.79. The molecule has 0 radical (unpaired) electrons. The summed E-state index contributed by atoms with van der Waals surface area (Å²) in [6.07, 6.45) is 2.90. The average molecular weight is 306 g/mol. The van der Waals surface area contributed by atoms with E-state index in [1.54, 1.807) is 0 Å². The van der Waals surface area contributed by atoms with Gasteiger partial charge in [-0.3, -0.25) is 0 Å². The van der Waals surface area contributed by atoms with Gasteiger partial charge in [-0.1, -0.05) is 12.1 Å². The largest absolute Gasteiger partial charge is 0.492 e. The van der Waals surface area contributed by atoms with Crippen molar-refractivity contribution in [2.24, 2.45) is 0 Å². The molecule has 0 aliphatic carbocycles. The van der Waals surface area contributed by atoms with Crippen LogP contribution in [0.4, 0.5) is 0 Å². The fourth-order valence-electron chi connectivity index (χ4n) is 1.13. The van der Waals surface area contributed by atoms with Gasteiger partial charge >= 0.3 is 0 Å². The number of hydrogen-bond donors (Lipinski definition) is 1. The van der Waals surface area contributed by atoms with Gasteiger partial charge in [0.15, 0.2) is 0 Å². The first kappa shape index (κ1) is 11.8. The lowest BCUT2D eigenvalue weighted by Crippen LogP contribution is -1.99. The minimum Gasteiger partial charge on any atom is -0.492 e. The van der Waals surface area contributed by atoms with Crippen LogP contribution in [0.25, 0.3) is 0 Å². The molecule has 1 rings (SSSR count). The predicted octanol–water partition coefficient (Wildman–Crippen LogP) is 2.83. The summed E-state index contributed by atoms with van der Waals surface area (Å²) in [6, 6.07) is 7.99. The lowest BCUT2D eigenvalue weighted by Gasteiger charge is -2.07. The molecule has 0 bridgehead atoms. The van der Waals surface area contributed by atoms with Crippen molar-refractivity contribution >= 4 is 22.6 Å². The Bertz CT molecular complexity index is 263. The van der Waals surface area contributed by atoms with Gasteiger partial charge in [0.05, 0.1) is 10.2 Å². The minimum atomic E-state index is 0.281. The second kappa shape index (κ2) is 7.06. The van der Waals surface area contributed by atoms with Crippen LogP contribution < -0.4 is 4.74 Å². The van der Waals surface area contributed by atoms with Crippen molar-refractivity contribution in [1.29, 1.82) is 0 Å². The first-order chi connectivity index (χ1) is 6.84. The number of aliphatic hydroxyl groups excluding tert-OH is 1. The van der Waals surface area contributed by atoms with Gasteiger partial charge in [-0.25, -0.2) is 0 Å². The smallest absolute Gasteiger partial charge is 0.132 e. The van der Waals surface area contributed by atoms with Crippen molar-refractivity contribution in [2.75, 3.05) is 13.2 Å². The van der Waals surface area contributed by atoms with Gasteiger partial charge in [0.2, 0.25) is 0 Å². The van der Waals surface area contributed by atoms with Crippen molar-refractivity contribution in [3.63, 3.8) is 0 Å². The number of ether oxygens (including phenoxy) is 1. The molecule has 2 nitrogen and oxygen atoms in total. The van der Waals surface area contributed by atoms with Crippen molar-refractivity contribution in [1.82, 2.24) is 0 Å². The van der Waals surface area contributed by atoms with E-state index in [9.17, 15) is 0 Å². The molecular weight excluding hydrogens is 291 g/mol. The van der Waals surface area contributed by atoms with E-state index in [0.717, 1.165) is 35.2 Å². The lowest BCUT2D eigenvalue weighted by atomic mass is 10.2. The van der Waals surface area contributed by atoms with Crippen LogP contribution in [0, 0.1) is 3.57 Å². The fraction of sp³-hybridized carbons (Fsp3) is 0.455. The van der Waals surface area contributed by atoms with Gasteiger partial charge in [0, 0.05) is 6.61 Å². The molecule has 1 aromatic carbocycles. The topological polar surface area (TPSA) is 29.5 Å². The molecule has 3 heteroatoms. The molecule has 0 heterocycles. The molecule has 0 amide bonds. The number of benzene rings is 1.